The number of H-pyrrole nitrogens is 1. The first kappa shape index (κ1) is 11.7. The molecule has 0 saturated carbocycles. The minimum Gasteiger partial charge on any atom is -0.606 e. The van der Waals surface area contributed by atoms with E-state index in [1.807, 2.05) is 24.3 Å². The van der Waals surface area contributed by atoms with Gasteiger partial charge in [-0.1, -0.05) is 23.7 Å². The Bertz CT molecular complexity index is 678. The highest BCUT2D eigenvalue weighted by atomic mass is 35.5. The molecule has 0 bridgehead atoms. The van der Waals surface area contributed by atoms with Gasteiger partial charge in [-0.25, -0.2) is 0 Å². The van der Waals surface area contributed by atoms with Crippen molar-refractivity contribution in [3.8, 4) is 0 Å². The molecule has 0 aliphatic carbocycles. The molecule has 0 fully saturated rings. The summed E-state index contributed by atoms with van der Waals surface area (Å²) in [6, 6.07) is 14.9. The van der Waals surface area contributed by atoms with E-state index < -0.39 is 11.2 Å². The standard InChI is InChI=1S/C14H10ClNOS/c15-10-5-7-11(8-6-10)18(17)14-9-16-13-4-2-1-3-12(13)14/h1-9,16H. The number of aromatic amines is 1. The molecule has 90 valence electrons. The van der Waals surface area contributed by atoms with Gasteiger partial charge in [-0.3, -0.25) is 0 Å². The zero-order valence-electron chi connectivity index (χ0n) is 9.39. The van der Waals surface area contributed by atoms with E-state index in [0.717, 1.165) is 20.7 Å². The summed E-state index contributed by atoms with van der Waals surface area (Å²) in [5, 5.41) is 1.64. The molecule has 18 heavy (non-hydrogen) atoms. The third kappa shape index (κ3) is 2.01. The van der Waals surface area contributed by atoms with E-state index in [1.165, 1.54) is 0 Å². The lowest BCUT2D eigenvalue weighted by molar-refractivity contribution is 0.596. The van der Waals surface area contributed by atoms with E-state index in [1.54, 1.807) is 30.5 Å². The maximum absolute atomic E-state index is 12.5. The van der Waals surface area contributed by atoms with Gasteiger partial charge in [0, 0.05) is 16.2 Å². The molecule has 0 saturated heterocycles. The van der Waals surface area contributed by atoms with E-state index in [-0.39, 0.29) is 0 Å². The van der Waals surface area contributed by atoms with Crippen LogP contribution in [-0.2, 0) is 11.2 Å². The molecule has 3 aromatic rings. The highest BCUT2D eigenvalue weighted by molar-refractivity contribution is 7.91. The molecule has 0 amide bonds. The average Bonchev–Trinajstić information content (AvgIpc) is 2.82. The van der Waals surface area contributed by atoms with Crippen molar-refractivity contribution in [2.75, 3.05) is 0 Å². The summed E-state index contributed by atoms with van der Waals surface area (Å²) in [5.74, 6) is 0. The van der Waals surface area contributed by atoms with Crippen molar-refractivity contribution in [2.24, 2.45) is 0 Å². The smallest absolute Gasteiger partial charge is 0.183 e. The number of rotatable bonds is 2. The van der Waals surface area contributed by atoms with Gasteiger partial charge in [-0.15, -0.1) is 0 Å². The lowest BCUT2D eigenvalue weighted by atomic mass is 10.2. The van der Waals surface area contributed by atoms with E-state index in [4.69, 9.17) is 11.6 Å². The fourth-order valence-corrected chi connectivity index (χ4v) is 3.19. The maximum atomic E-state index is 12.5. The molecule has 2 nitrogen and oxygen atoms in total. The number of nitrogens with one attached hydrogen (secondary N) is 1. The molecule has 1 unspecified atom stereocenters. The molecule has 0 aliphatic rings. The number of hydrogen-bond donors (Lipinski definition) is 1. The van der Waals surface area contributed by atoms with Gasteiger partial charge in [0.25, 0.3) is 0 Å². The molecule has 3 rings (SSSR count). The fourth-order valence-electron chi connectivity index (χ4n) is 1.88. The third-order valence-corrected chi connectivity index (χ3v) is 4.47. The highest BCUT2D eigenvalue weighted by Gasteiger charge is 2.19. The SMILES string of the molecule is [O-][S+](c1ccc(Cl)cc1)c1c[nH]c2ccccc12. The van der Waals surface area contributed by atoms with Gasteiger partial charge < -0.3 is 9.54 Å². The summed E-state index contributed by atoms with van der Waals surface area (Å²) < 4.78 is 12.5. The lowest BCUT2D eigenvalue weighted by Crippen LogP contribution is -2.00. The van der Waals surface area contributed by atoms with E-state index >= 15 is 0 Å². The summed E-state index contributed by atoms with van der Waals surface area (Å²) in [5.41, 5.74) is 0.995. The molecule has 1 atom stereocenters. The van der Waals surface area contributed by atoms with Crippen LogP contribution in [0.25, 0.3) is 10.9 Å². The van der Waals surface area contributed by atoms with Crippen LogP contribution in [0.3, 0.4) is 0 Å². The van der Waals surface area contributed by atoms with Crippen molar-refractivity contribution < 1.29 is 4.55 Å². The second-order valence-corrected chi connectivity index (χ2v) is 5.81. The Hall–Kier alpha value is -1.42. The predicted molar refractivity (Wildman–Crippen MR) is 74.4 cm³/mol. The Balaban J connectivity index is 2.06. The average molecular weight is 276 g/mol. The molecule has 0 spiro atoms. The van der Waals surface area contributed by atoms with E-state index in [2.05, 4.69) is 4.98 Å². The number of halogens is 1. The maximum Gasteiger partial charge on any atom is 0.183 e. The Kier molecular flexibility index (Phi) is 3.04. The molecule has 1 N–H and O–H groups in total. The van der Waals surface area contributed by atoms with Crippen LogP contribution in [0.2, 0.25) is 5.02 Å². The fraction of sp³-hybridized carbons (Fsp3) is 0. The van der Waals surface area contributed by atoms with Gasteiger partial charge in [-0.2, -0.15) is 0 Å². The van der Waals surface area contributed by atoms with Crippen LogP contribution in [-0.4, -0.2) is 9.54 Å². The largest absolute Gasteiger partial charge is 0.606 e. The molecule has 0 radical (unpaired) electrons. The third-order valence-electron chi connectivity index (χ3n) is 2.78. The van der Waals surface area contributed by atoms with Crippen LogP contribution in [0, 0.1) is 0 Å². The first-order chi connectivity index (χ1) is 8.75. The topological polar surface area (TPSA) is 38.8 Å². The van der Waals surface area contributed by atoms with Gasteiger partial charge >= 0.3 is 0 Å². The molecule has 0 aliphatic heterocycles. The highest BCUT2D eigenvalue weighted by Crippen LogP contribution is 2.28. The normalized spacial score (nSPS) is 12.8. The summed E-state index contributed by atoms with van der Waals surface area (Å²) in [7, 11) is 0. The molecule has 4 heteroatoms. The van der Waals surface area contributed by atoms with Crippen LogP contribution in [0.4, 0.5) is 0 Å². The Morgan fingerprint density at radius 1 is 1.00 bits per heavy atom. The number of para-hydroxylation sites is 1. The summed E-state index contributed by atoms with van der Waals surface area (Å²) in [6.07, 6.45) is 1.80. The van der Waals surface area contributed by atoms with Crippen LogP contribution in [0.15, 0.2) is 64.5 Å². The predicted octanol–water partition coefficient (Wildman–Crippen LogP) is 3.99. The molecular weight excluding hydrogens is 266 g/mol. The molecular formula is C14H10ClNOS. The second kappa shape index (κ2) is 4.69. The minimum atomic E-state index is -1.19. The van der Waals surface area contributed by atoms with Gasteiger partial charge in [-0.05, 0) is 36.4 Å². The Labute approximate surface area is 113 Å². The van der Waals surface area contributed by atoms with Crippen molar-refractivity contribution in [3.05, 3.63) is 59.8 Å². The zero-order valence-corrected chi connectivity index (χ0v) is 11.0. The second-order valence-electron chi connectivity index (χ2n) is 3.92. The summed E-state index contributed by atoms with van der Waals surface area (Å²) in [6.45, 7) is 0. The number of aromatic nitrogens is 1. The number of hydrogen-bond acceptors (Lipinski definition) is 1. The van der Waals surface area contributed by atoms with E-state index in [9.17, 15) is 4.55 Å². The van der Waals surface area contributed by atoms with Crippen molar-refractivity contribution in [1.29, 1.82) is 0 Å². The quantitative estimate of drug-likeness (QED) is 0.706. The van der Waals surface area contributed by atoms with Crippen LogP contribution in [0.5, 0.6) is 0 Å². The molecule has 1 aromatic heterocycles. The minimum absolute atomic E-state index is 0.648. The molecule has 1 heterocycles. The van der Waals surface area contributed by atoms with Crippen molar-refractivity contribution in [1.82, 2.24) is 4.98 Å². The first-order valence-electron chi connectivity index (χ1n) is 5.49. The van der Waals surface area contributed by atoms with Crippen molar-refractivity contribution in [2.45, 2.75) is 9.79 Å². The summed E-state index contributed by atoms with van der Waals surface area (Å²) >= 11 is 4.64. The van der Waals surface area contributed by atoms with Gasteiger partial charge in [0.1, 0.15) is 0 Å². The number of benzene rings is 2. The first-order valence-corrected chi connectivity index (χ1v) is 7.02. The van der Waals surface area contributed by atoms with Gasteiger partial charge in [0.05, 0.1) is 17.1 Å². The Morgan fingerprint density at radius 2 is 1.72 bits per heavy atom. The van der Waals surface area contributed by atoms with Crippen LogP contribution >= 0.6 is 11.6 Å². The van der Waals surface area contributed by atoms with Crippen molar-refractivity contribution in [3.63, 3.8) is 0 Å². The monoisotopic (exact) mass is 275 g/mol. The van der Waals surface area contributed by atoms with Gasteiger partial charge in [0.15, 0.2) is 9.79 Å². The van der Waals surface area contributed by atoms with Crippen LogP contribution in [0.1, 0.15) is 0 Å². The molecule has 2 aromatic carbocycles. The van der Waals surface area contributed by atoms with Crippen LogP contribution < -0.4 is 0 Å². The van der Waals surface area contributed by atoms with Gasteiger partial charge in [0.2, 0.25) is 0 Å². The Morgan fingerprint density at radius 3 is 2.50 bits per heavy atom. The summed E-state index contributed by atoms with van der Waals surface area (Å²) in [4.78, 5) is 4.68. The number of fused-ring (bicyclic) bond motifs is 1. The van der Waals surface area contributed by atoms with Crippen molar-refractivity contribution >= 4 is 33.7 Å². The van der Waals surface area contributed by atoms with E-state index in [0.29, 0.717) is 5.02 Å². The zero-order chi connectivity index (χ0) is 12.5. The lowest BCUT2D eigenvalue weighted by Gasteiger charge is -2.08.